The molecule has 2 aromatic carbocycles. The fraction of sp³-hybridized carbons (Fsp3) is 0.364. The molecule has 0 aliphatic heterocycles. The molecule has 0 aliphatic carbocycles. The smallest absolute Gasteiger partial charge is 0.259 e. The van der Waals surface area contributed by atoms with Gasteiger partial charge in [-0.15, -0.1) is 0 Å². The largest absolute Gasteiger partial charge is 0.496 e. The normalized spacial score (nSPS) is 11.0. The second-order valence-electron chi connectivity index (χ2n) is 6.58. The third kappa shape index (κ3) is 7.37. The van der Waals surface area contributed by atoms with Crippen LogP contribution in [0.1, 0.15) is 18.1 Å². The fourth-order valence-electron chi connectivity index (χ4n) is 2.55. The standard InChI is InChI=1S/C22H30N4O3/c1-5-23-22(25-15-18-10-6-7-12-20(18)28-4)24-14-17-9-8-11-19(13-17)29-16-21(27)26(2)3/h6-13H,5,14-16H2,1-4H3,(H2,23,24,25). The number of methoxy groups -OCH3 is 1. The quantitative estimate of drug-likeness (QED) is 0.501. The summed E-state index contributed by atoms with van der Waals surface area (Å²) >= 11 is 0. The maximum Gasteiger partial charge on any atom is 0.259 e. The van der Waals surface area contributed by atoms with Crippen LogP contribution in [0.15, 0.2) is 53.5 Å². The summed E-state index contributed by atoms with van der Waals surface area (Å²) in [6.07, 6.45) is 0. The van der Waals surface area contributed by atoms with Crippen LogP contribution in [0.3, 0.4) is 0 Å². The number of aliphatic imine (C=N–C) groups is 1. The van der Waals surface area contributed by atoms with E-state index < -0.39 is 0 Å². The number of hydrogen-bond donors (Lipinski definition) is 2. The topological polar surface area (TPSA) is 75.2 Å². The minimum Gasteiger partial charge on any atom is -0.496 e. The Morgan fingerprint density at radius 1 is 1.10 bits per heavy atom. The fourth-order valence-corrected chi connectivity index (χ4v) is 2.55. The lowest BCUT2D eigenvalue weighted by molar-refractivity contribution is -0.130. The monoisotopic (exact) mass is 398 g/mol. The Morgan fingerprint density at radius 3 is 2.62 bits per heavy atom. The van der Waals surface area contributed by atoms with Gasteiger partial charge in [0.1, 0.15) is 11.5 Å². The van der Waals surface area contributed by atoms with Gasteiger partial charge < -0.3 is 25.0 Å². The molecule has 0 bridgehead atoms. The second-order valence-corrected chi connectivity index (χ2v) is 6.58. The van der Waals surface area contributed by atoms with Gasteiger partial charge in [-0.05, 0) is 30.7 Å². The van der Waals surface area contributed by atoms with Gasteiger partial charge in [0.2, 0.25) is 0 Å². The molecule has 0 unspecified atom stereocenters. The lowest BCUT2D eigenvalue weighted by Gasteiger charge is -2.14. The molecule has 0 radical (unpaired) electrons. The van der Waals surface area contributed by atoms with Crippen molar-refractivity contribution >= 4 is 11.9 Å². The van der Waals surface area contributed by atoms with Gasteiger partial charge in [-0.2, -0.15) is 0 Å². The maximum absolute atomic E-state index is 11.7. The highest BCUT2D eigenvalue weighted by Crippen LogP contribution is 2.17. The van der Waals surface area contributed by atoms with Gasteiger partial charge in [0.15, 0.2) is 12.6 Å². The molecule has 2 aromatic rings. The van der Waals surface area contributed by atoms with Crippen LogP contribution < -0.4 is 20.1 Å². The van der Waals surface area contributed by atoms with Crippen LogP contribution in [-0.2, 0) is 17.9 Å². The van der Waals surface area contributed by atoms with Crippen molar-refractivity contribution in [3.8, 4) is 11.5 Å². The maximum atomic E-state index is 11.7. The Bertz CT molecular complexity index is 821. The third-order valence-electron chi connectivity index (χ3n) is 4.16. The average Bonchev–Trinajstić information content (AvgIpc) is 2.74. The molecule has 2 N–H and O–H groups in total. The van der Waals surface area contributed by atoms with Crippen molar-refractivity contribution < 1.29 is 14.3 Å². The highest BCUT2D eigenvalue weighted by molar-refractivity contribution is 5.79. The zero-order chi connectivity index (χ0) is 21.1. The molecule has 29 heavy (non-hydrogen) atoms. The first kappa shape index (κ1) is 22.1. The van der Waals surface area contributed by atoms with Crippen LogP contribution in [0, 0.1) is 0 Å². The van der Waals surface area contributed by atoms with Crippen molar-refractivity contribution in [2.75, 3.05) is 34.4 Å². The number of rotatable bonds is 9. The molecule has 0 fully saturated rings. The molecule has 156 valence electrons. The summed E-state index contributed by atoms with van der Waals surface area (Å²) in [5.41, 5.74) is 2.05. The van der Waals surface area contributed by atoms with Crippen LogP contribution >= 0.6 is 0 Å². The minimum atomic E-state index is -0.0802. The Balaban J connectivity index is 1.98. The van der Waals surface area contributed by atoms with E-state index in [1.165, 1.54) is 4.90 Å². The van der Waals surface area contributed by atoms with Crippen molar-refractivity contribution in [1.82, 2.24) is 15.5 Å². The first-order valence-corrected chi connectivity index (χ1v) is 9.59. The van der Waals surface area contributed by atoms with E-state index in [0.717, 1.165) is 23.4 Å². The van der Waals surface area contributed by atoms with Crippen LogP contribution in [-0.4, -0.2) is 51.1 Å². The summed E-state index contributed by atoms with van der Waals surface area (Å²) < 4.78 is 11.0. The van der Waals surface area contributed by atoms with Crippen LogP contribution in [0.25, 0.3) is 0 Å². The number of amides is 1. The lowest BCUT2D eigenvalue weighted by atomic mass is 10.2. The second kappa shape index (κ2) is 11.6. The first-order chi connectivity index (χ1) is 14.0. The summed E-state index contributed by atoms with van der Waals surface area (Å²) in [6.45, 7) is 3.89. The molecule has 0 spiro atoms. The molecule has 7 nitrogen and oxygen atoms in total. The predicted octanol–water partition coefficient (Wildman–Crippen LogP) is 2.42. The van der Waals surface area contributed by atoms with Gasteiger partial charge in [0.05, 0.1) is 13.7 Å². The molecule has 0 aromatic heterocycles. The van der Waals surface area contributed by atoms with Gasteiger partial charge in [0.25, 0.3) is 5.91 Å². The van der Waals surface area contributed by atoms with Crippen molar-refractivity contribution in [3.63, 3.8) is 0 Å². The summed E-state index contributed by atoms with van der Waals surface area (Å²) in [4.78, 5) is 17.8. The van der Waals surface area contributed by atoms with E-state index in [1.807, 2.05) is 55.5 Å². The predicted molar refractivity (Wildman–Crippen MR) is 115 cm³/mol. The molecule has 0 saturated carbocycles. The molecule has 7 heteroatoms. The zero-order valence-electron chi connectivity index (χ0n) is 17.6. The van der Waals surface area contributed by atoms with Crippen molar-refractivity contribution in [3.05, 3.63) is 59.7 Å². The molecule has 0 heterocycles. The SMILES string of the molecule is CCNC(=NCc1cccc(OCC(=O)N(C)C)c1)NCc1ccccc1OC. The summed E-state index contributed by atoms with van der Waals surface area (Å²) in [5.74, 6) is 2.13. The minimum absolute atomic E-state index is 0.0167. The summed E-state index contributed by atoms with van der Waals surface area (Å²) in [7, 11) is 5.08. The number of nitrogens with zero attached hydrogens (tertiary/aromatic N) is 2. The Hall–Kier alpha value is -3.22. The molecule has 0 saturated heterocycles. The van der Waals surface area contributed by atoms with Gasteiger partial charge in [0, 0.05) is 32.7 Å². The Labute approximate surface area is 172 Å². The number of carbonyl (C=O) groups excluding carboxylic acids is 1. The number of carbonyl (C=O) groups is 1. The van der Waals surface area contributed by atoms with Gasteiger partial charge in [-0.25, -0.2) is 4.99 Å². The number of nitrogens with one attached hydrogen (secondary N) is 2. The molecule has 0 aliphatic rings. The number of para-hydroxylation sites is 1. The van der Waals surface area contributed by atoms with E-state index in [0.29, 0.717) is 24.8 Å². The van der Waals surface area contributed by atoms with E-state index in [1.54, 1.807) is 21.2 Å². The van der Waals surface area contributed by atoms with Gasteiger partial charge in [-0.3, -0.25) is 4.79 Å². The highest BCUT2D eigenvalue weighted by Gasteiger charge is 2.06. The van der Waals surface area contributed by atoms with E-state index in [-0.39, 0.29) is 12.5 Å². The van der Waals surface area contributed by atoms with E-state index >= 15 is 0 Å². The van der Waals surface area contributed by atoms with Crippen molar-refractivity contribution in [2.45, 2.75) is 20.0 Å². The van der Waals surface area contributed by atoms with Crippen LogP contribution in [0.4, 0.5) is 0 Å². The Kier molecular flexibility index (Phi) is 8.82. The zero-order valence-corrected chi connectivity index (χ0v) is 17.6. The van der Waals surface area contributed by atoms with E-state index in [9.17, 15) is 4.79 Å². The van der Waals surface area contributed by atoms with Crippen molar-refractivity contribution in [1.29, 1.82) is 0 Å². The third-order valence-corrected chi connectivity index (χ3v) is 4.16. The van der Waals surface area contributed by atoms with Crippen LogP contribution in [0.5, 0.6) is 11.5 Å². The number of benzene rings is 2. The number of hydrogen-bond acceptors (Lipinski definition) is 4. The van der Waals surface area contributed by atoms with Gasteiger partial charge in [-0.1, -0.05) is 30.3 Å². The Morgan fingerprint density at radius 2 is 1.90 bits per heavy atom. The number of likely N-dealkylation sites (N-methyl/N-ethyl adjacent to an activating group) is 1. The molecule has 2 rings (SSSR count). The number of ether oxygens (including phenoxy) is 2. The average molecular weight is 399 g/mol. The van der Waals surface area contributed by atoms with Crippen LogP contribution in [0.2, 0.25) is 0 Å². The summed E-state index contributed by atoms with van der Waals surface area (Å²) in [5, 5.41) is 6.57. The molecule has 1 amide bonds. The molecular weight excluding hydrogens is 368 g/mol. The molecule has 0 atom stereocenters. The van der Waals surface area contributed by atoms with E-state index in [2.05, 4.69) is 15.6 Å². The van der Waals surface area contributed by atoms with Crippen molar-refractivity contribution in [2.24, 2.45) is 4.99 Å². The number of guanidine groups is 1. The summed E-state index contributed by atoms with van der Waals surface area (Å²) in [6, 6.07) is 15.5. The molecular formula is C22H30N4O3. The highest BCUT2D eigenvalue weighted by atomic mass is 16.5. The lowest BCUT2D eigenvalue weighted by Crippen LogP contribution is -2.36. The van der Waals surface area contributed by atoms with E-state index in [4.69, 9.17) is 9.47 Å². The van der Waals surface area contributed by atoms with Gasteiger partial charge >= 0.3 is 0 Å². The first-order valence-electron chi connectivity index (χ1n) is 9.59.